The second-order valence-electron chi connectivity index (χ2n) is 3.95. The highest BCUT2D eigenvalue weighted by atomic mass is 32.2. The van der Waals surface area contributed by atoms with Gasteiger partial charge in [-0.1, -0.05) is 12.1 Å². The summed E-state index contributed by atoms with van der Waals surface area (Å²) in [5.74, 6) is -1.41. The van der Waals surface area contributed by atoms with Crippen molar-refractivity contribution < 1.29 is 17.6 Å². The molecule has 1 N–H and O–H groups in total. The average Bonchev–Trinajstić information content (AvgIpc) is 2.14. The van der Waals surface area contributed by atoms with Crippen molar-refractivity contribution in [3.8, 4) is 0 Å². The fourth-order valence-electron chi connectivity index (χ4n) is 1.44. The maximum atomic E-state index is 13.2. The maximum Gasteiger partial charge on any atom is 0.254 e. The molecule has 0 aliphatic carbocycles. The van der Waals surface area contributed by atoms with E-state index >= 15 is 0 Å². The van der Waals surface area contributed by atoms with E-state index in [4.69, 9.17) is 0 Å². The molecular weight excluding hydrogens is 245 g/mol. The summed E-state index contributed by atoms with van der Waals surface area (Å²) < 4.78 is 35.3. The molecule has 1 aromatic carbocycles. The molecule has 94 valence electrons. The third-order valence-corrected chi connectivity index (χ3v) is 3.15. The van der Waals surface area contributed by atoms with Gasteiger partial charge >= 0.3 is 0 Å². The highest BCUT2D eigenvalue weighted by Gasteiger charge is 2.16. The summed E-state index contributed by atoms with van der Waals surface area (Å²) >= 11 is 0. The lowest BCUT2D eigenvalue weighted by Crippen LogP contribution is -2.37. The second-order valence-corrected chi connectivity index (χ2v) is 6.13. The quantitative estimate of drug-likeness (QED) is 0.877. The summed E-state index contributed by atoms with van der Waals surface area (Å²) in [5, 5.41) is 2.44. The van der Waals surface area contributed by atoms with E-state index in [0.29, 0.717) is 0 Å². The molecule has 0 saturated heterocycles. The van der Waals surface area contributed by atoms with Gasteiger partial charge in [-0.3, -0.25) is 4.79 Å². The molecule has 0 aromatic heterocycles. The Hall–Kier alpha value is -1.43. The number of sulfone groups is 1. The van der Waals surface area contributed by atoms with Gasteiger partial charge in [-0.25, -0.2) is 12.8 Å². The minimum Gasteiger partial charge on any atom is -0.348 e. The largest absolute Gasteiger partial charge is 0.348 e. The van der Waals surface area contributed by atoms with Crippen LogP contribution in [0.3, 0.4) is 0 Å². The Morgan fingerprint density at radius 3 is 2.53 bits per heavy atom. The van der Waals surface area contributed by atoms with Gasteiger partial charge in [-0.05, 0) is 19.1 Å². The first-order valence-corrected chi connectivity index (χ1v) is 7.09. The van der Waals surface area contributed by atoms with Crippen LogP contribution in [0.4, 0.5) is 4.39 Å². The molecule has 6 heteroatoms. The SMILES string of the molecule is CC(CS(C)(=O)=O)NC(=O)c1ccccc1F. The standard InChI is InChI=1S/C11H14FNO3S/c1-8(7-17(2,15)16)13-11(14)9-5-3-4-6-10(9)12/h3-6,8H,7H2,1-2H3,(H,13,14). The average molecular weight is 259 g/mol. The predicted molar refractivity (Wildman–Crippen MR) is 63.0 cm³/mol. The van der Waals surface area contributed by atoms with E-state index < -0.39 is 27.6 Å². The van der Waals surface area contributed by atoms with E-state index in [1.807, 2.05) is 0 Å². The van der Waals surface area contributed by atoms with Crippen LogP contribution in [0.5, 0.6) is 0 Å². The van der Waals surface area contributed by atoms with E-state index in [1.165, 1.54) is 18.2 Å². The zero-order valence-electron chi connectivity index (χ0n) is 9.60. The van der Waals surface area contributed by atoms with Gasteiger partial charge < -0.3 is 5.32 Å². The lowest BCUT2D eigenvalue weighted by molar-refractivity contribution is 0.0939. The number of benzene rings is 1. The Morgan fingerprint density at radius 2 is 2.00 bits per heavy atom. The van der Waals surface area contributed by atoms with Crippen LogP contribution in [0, 0.1) is 5.82 Å². The molecule has 1 atom stereocenters. The molecule has 0 fully saturated rings. The first kappa shape index (κ1) is 13.6. The lowest BCUT2D eigenvalue weighted by atomic mass is 10.2. The summed E-state index contributed by atoms with van der Waals surface area (Å²) in [7, 11) is -3.17. The molecule has 1 rings (SSSR count). The Morgan fingerprint density at radius 1 is 1.41 bits per heavy atom. The van der Waals surface area contributed by atoms with Crippen molar-refractivity contribution >= 4 is 15.7 Å². The highest BCUT2D eigenvalue weighted by molar-refractivity contribution is 7.90. The monoisotopic (exact) mass is 259 g/mol. The molecule has 0 heterocycles. The number of carbonyl (C=O) groups excluding carboxylic acids is 1. The van der Waals surface area contributed by atoms with E-state index in [2.05, 4.69) is 5.32 Å². The molecule has 0 aliphatic heterocycles. The van der Waals surface area contributed by atoms with Gasteiger partial charge in [0.2, 0.25) is 0 Å². The third kappa shape index (κ3) is 4.52. The number of amides is 1. The summed E-state index contributed by atoms with van der Waals surface area (Å²) in [6, 6.07) is 4.98. The number of carbonyl (C=O) groups is 1. The zero-order chi connectivity index (χ0) is 13.1. The summed E-state index contributed by atoms with van der Waals surface area (Å²) in [5.41, 5.74) is -0.0900. The van der Waals surface area contributed by atoms with Crippen LogP contribution >= 0.6 is 0 Å². The molecule has 1 amide bonds. The van der Waals surface area contributed by atoms with Crippen LogP contribution < -0.4 is 5.32 Å². The van der Waals surface area contributed by atoms with Crippen LogP contribution in [0.25, 0.3) is 0 Å². The van der Waals surface area contributed by atoms with Crippen LogP contribution in [0.2, 0.25) is 0 Å². The third-order valence-electron chi connectivity index (χ3n) is 2.05. The van der Waals surface area contributed by atoms with Crippen LogP contribution in [0.1, 0.15) is 17.3 Å². The summed E-state index contributed by atoms with van der Waals surface area (Å²) in [6.45, 7) is 1.56. The van der Waals surface area contributed by atoms with Crippen molar-refractivity contribution in [1.82, 2.24) is 5.32 Å². The molecule has 0 bridgehead atoms. The molecule has 1 unspecified atom stereocenters. The molecule has 0 spiro atoms. The Labute approximate surface area is 99.8 Å². The van der Waals surface area contributed by atoms with E-state index in [-0.39, 0.29) is 11.3 Å². The van der Waals surface area contributed by atoms with E-state index in [9.17, 15) is 17.6 Å². The second kappa shape index (κ2) is 5.27. The minimum atomic E-state index is -3.17. The van der Waals surface area contributed by atoms with E-state index in [0.717, 1.165) is 6.26 Å². The van der Waals surface area contributed by atoms with Crippen LogP contribution in [0.15, 0.2) is 24.3 Å². The van der Waals surface area contributed by atoms with Gasteiger partial charge in [0.1, 0.15) is 15.7 Å². The van der Waals surface area contributed by atoms with Crippen molar-refractivity contribution in [3.63, 3.8) is 0 Å². The van der Waals surface area contributed by atoms with Gasteiger partial charge in [0.15, 0.2) is 0 Å². The number of hydrogen-bond acceptors (Lipinski definition) is 3. The van der Waals surface area contributed by atoms with Crippen molar-refractivity contribution in [2.24, 2.45) is 0 Å². The molecule has 1 aromatic rings. The molecular formula is C11H14FNO3S. The van der Waals surface area contributed by atoms with Gasteiger partial charge in [0, 0.05) is 12.3 Å². The van der Waals surface area contributed by atoms with Crippen molar-refractivity contribution in [2.45, 2.75) is 13.0 Å². The van der Waals surface area contributed by atoms with Gasteiger partial charge in [0.25, 0.3) is 5.91 Å². The normalized spacial score (nSPS) is 13.1. The zero-order valence-corrected chi connectivity index (χ0v) is 10.4. The molecule has 0 aliphatic rings. The maximum absolute atomic E-state index is 13.2. The fourth-order valence-corrected chi connectivity index (χ4v) is 2.43. The molecule has 4 nitrogen and oxygen atoms in total. The van der Waals surface area contributed by atoms with Crippen molar-refractivity contribution in [2.75, 3.05) is 12.0 Å². The van der Waals surface area contributed by atoms with Crippen molar-refractivity contribution in [1.29, 1.82) is 0 Å². The number of halogens is 1. The Balaban J connectivity index is 2.71. The van der Waals surface area contributed by atoms with Gasteiger partial charge in [-0.15, -0.1) is 0 Å². The number of hydrogen-bond donors (Lipinski definition) is 1. The Kier molecular flexibility index (Phi) is 4.22. The Bertz CT molecular complexity index is 513. The topological polar surface area (TPSA) is 63.2 Å². The smallest absolute Gasteiger partial charge is 0.254 e. The van der Waals surface area contributed by atoms with Gasteiger partial charge in [0.05, 0.1) is 11.3 Å². The van der Waals surface area contributed by atoms with Gasteiger partial charge in [-0.2, -0.15) is 0 Å². The minimum absolute atomic E-state index is 0.0900. The molecule has 0 radical (unpaired) electrons. The summed E-state index contributed by atoms with van der Waals surface area (Å²) in [4.78, 5) is 11.6. The van der Waals surface area contributed by atoms with Crippen LogP contribution in [-0.4, -0.2) is 32.4 Å². The summed E-state index contributed by atoms with van der Waals surface area (Å²) in [6.07, 6.45) is 1.08. The lowest BCUT2D eigenvalue weighted by Gasteiger charge is -2.12. The first-order chi connectivity index (χ1) is 7.79. The fraction of sp³-hybridized carbons (Fsp3) is 0.364. The van der Waals surface area contributed by atoms with Crippen LogP contribution in [-0.2, 0) is 9.84 Å². The molecule has 0 saturated carbocycles. The number of nitrogens with one attached hydrogen (secondary N) is 1. The predicted octanol–water partition coefficient (Wildman–Crippen LogP) is 0.989. The number of rotatable bonds is 4. The van der Waals surface area contributed by atoms with E-state index in [1.54, 1.807) is 13.0 Å². The van der Waals surface area contributed by atoms with Crippen molar-refractivity contribution in [3.05, 3.63) is 35.6 Å². The first-order valence-electron chi connectivity index (χ1n) is 5.02. The molecule has 17 heavy (non-hydrogen) atoms. The highest BCUT2D eigenvalue weighted by Crippen LogP contribution is 2.06.